The molecule has 0 saturated carbocycles. The number of benzene rings is 1. The average Bonchev–Trinajstić information content (AvgIpc) is 2.23. The van der Waals surface area contributed by atoms with E-state index in [2.05, 4.69) is 12.2 Å². The maximum atomic E-state index is 11.7. The number of anilines is 2. The van der Waals surface area contributed by atoms with Crippen LogP contribution >= 0.6 is 11.6 Å². The maximum absolute atomic E-state index is 11.7. The van der Waals surface area contributed by atoms with Crippen molar-refractivity contribution in [3.8, 4) is 0 Å². The van der Waals surface area contributed by atoms with Crippen molar-refractivity contribution in [1.82, 2.24) is 0 Å². The van der Waals surface area contributed by atoms with Gasteiger partial charge in [-0.15, -0.1) is 0 Å². The zero-order chi connectivity index (χ0) is 12.1. The van der Waals surface area contributed by atoms with Gasteiger partial charge in [-0.2, -0.15) is 0 Å². The van der Waals surface area contributed by atoms with Crippen molar-refractivity contribution in [3.63, 3.8) is 0 Å². The Bertz CT molecular complexity index is 359. The first-order valence-electron chi connectivity index (χ1n) is 5.38. The molecule has 1 unspecified atom stereocenters. The fourth-order valence-corrected chi connectivity index (χ4v) is 1.55. The summed E-state index contributed by atoms with van der Waals surface area (Å²) >= 11 is 5.95. The fraction of sp³-hybridized carbons (Fsp3) is 0.417. The third-order valence-electron chi connectivity index (χ3n) is 2.54. The van der Waals surface area contributed by atoms with Gasteiger partial charge in [-0.25, -0.2) is 0 Å². The van der Waals surface area contributed by atoms with E-state index in [0.717, 1.165) is 6.42 Å². The molecule has 0 aliphatic carbocycles. The van der Waals surface area contributed by atoms with Crippen LogP contribution in [0.25, 0.3) is 0 Å². The molecule has 0 aliphatic heterocycles. The second-order valence-electron chi connectivity index (χ2n) is 3.97. The second kappa shape index (κ2) is 5.75. The van der Waals surface area contributed by atoms with E-state index >= 15 is 0 Å². The molecule has 1 aromatic rings. The number of carbonyl (C=O) groups is 1. The normalized spacial score (nSPS) is 12.2. The molecule has 0 fully saturated rings. The van der Waals surface area contributed by atoms with Crippen molar-refractivity contribution in [3.05, 3.63) is 23.2 Å². The first kappa shape index (κ1) is 12.8. The minimum atomic E-state index is -0.0471. The molecule has 0 radical (unpaired) electrons. The van der Waals surface area contributed by atoms with Crippen LogP contribution in [0.2, 0.25) is 5.02 Å². The van der Waals surface area contributed by atoms with E-state index in [9.17, 15) is 4.79 Å². The molecule has 0 aliphatic rings. The molecule has 1 amide bonds. The monoisotopic (exact) mass is 240 g/mol. The topological polar surface area (TPSA) is 55.1 Å². The zero-order valence-electron chi connectivity index (χ0n) is 9.59. The smallest absolute Gasteiger partial charge is 0.224 e. The average molecular weight is 241 g/mol. The predicted molar refractivity (Wildman–Crippen MR) is 68.6 cm³/mol. The van der Waals surface area contributed by atoms with E-state index in [-0.39, 0.29) is 5.91 Å². The second-order valence-corrected chi connectivity index (χ2v) is 4.38. The van der Waals surface area contributed by atoms with Gasteiger partial charge in [0, 0.05) is 6.42 Å². The zero-order valence-corrected chi connectivity index (χ0v) is 10.3. The van der Waals surface area contributed by atoms with Crippen LogP contribution in [0.1, 0.15) is 26.7 Å². The third kappa shape index (κ3) is 3.42. The Hall–Kier alpha value is -1.22. The van der Waals surface area contributed by atoms with Gasteiger partial charge in [-0.1, -0.05) is 37.9 Å². The Morgan fingerprint density at radius 1 is 1.56 bits per heavy atom. The van der Waals surface area contributed by atoms with Crippen molar-refractivity contribution < 1.29 is 4.79 Å². The summed E-state index contributed by atoms with van der Waals surface area (Å²) in [4.78, 5) is 11.7. The van der Waals surface area contributed by atoms with Crippen molar-refractivity contribution >= 4 is 28.9 Å². The lowest BCUT2D eigenvalue weighted by atomic mass is 10.0. The van der Waals surface area contributed by atoms with Crippen LogP contribution in [0, 0.1) is 5.92 Å². The van der Waals surface area contributed by atoms with Crippen LogP contribution in [-0.4, -0.2) is 5.91 Å². The highest BCUT2D eigenvalue weighted by atomic mass is 35.5. The first-order valence-corrected chi connectivity index (χ1v) is 5.76. The number of para-hydroxylation sites is 1. The number of carbonyl (C=O) groups excluding carboxylic acids is 1. The summed E-state index contributed by atoms with van der Waals surface area (Å²) in [6.07, 6.45) is 1.46. The summed E-state index contributed by atoms with van der Waals surface area (Å²) in [5, 5.41) is 3.22. The number of hydrogen-bond acceptors (Lipinski definition) is 2. The maximum Gasteiger partial charge on any atom is 0.224 e. The van der Waals surface area contributed by atoms with Gasteiger partial charge in [0.1, 0.15) is 0 Å². The highest BCUT2D eigenvalue weighted by Crippen LogP contribution is 2.28. The van der Waals surface area contributed by atoms with Crippen LogP contribution < -0.4 is 11.1 Å². The number of halogens is 1. The number of amides is 1. The van der Waals surface area contributed by atoms with E-state index in [4.69, 9.17) is 17.3 Å². The number of hydrogen-bond donors (Lipinski definition) is 2. The highest BCUT2D eigenvalue weighted by Gasteiger charge is 2.11. The molecule has 0 bridgehead atoms. The molecule has 4 heteroatoms. The van der Waals surface area contributed by atoms with Gasteiger partial charge >= 0.3 is 0 Å². The van der Waals surface area contributed by atoms with Crippen LogP contribution in [-0.2, 0) is 4.79 Å². The molecule has 3 nitrogen and oxygen atoms in total. The van der Waals surface area contributed by atoms with Gasteiger partial charge in [0.05, 0.1) is 16.4 Å². The molecule has 0 heterocycles. The van der Waals surface area contributed by atoms with E-state index in [1.54, 1.807) is 18.2 Å². The van der Waals surface area contributed by atoms with Gasteiger partial charge < -0.3 is 11.1 Å². The fourth-order valence-electron chi connectivity index (χ4n) is 1.32. The molecule has 3 N–H and O–H groups in total. The summed E-state index contributed by atoms with van der Waals surface area (Å²) in [7, 11) is 0. The third-order valence-corrected chi connectivity index (χ3v) is 2.86. The van der Waals surface area contributed by atoms with Gasteiger partial charge in [0.15, 0.2) is 0 Å². The molecule has 0 aromatic heterocycles. The van der Waals surface area contributed by atoms with Gasteiger partial charge in [-0.05, 0) is 18.1 Å². The van der Waals surface area contributed by atoms with Gasteiger partial charge in [0.25, 0.3) is 0 Å². The Kier molecular flexibility index (Phi) is 4.62. The number of nitrogen functional groups attached to an aromatic ring is 1. The summed E-state index contributed by atoms with van der Waals surface area (Å²) in [6.45, 7) is 4.09. The summed E-state index contributed by atoms with van der Waals surface area (Å²) < 4.78 is 0. The van der Waals surface area contributed by atoms with Crippen molar-refractivity contribution in [2.45, 2.75) is 26.7 Å². The van der Waals surface area contributed by atoms with Crippen molar-refractivity contribution in [2.24, 2.45) is 5.92 Å². The van der Waals surface area contributed by atoms with Crippen LogP contribution in [0.3, 0.4) is 0 Å². The van der Waals surface area contributed by atoms with Gasteiger partial charge in [-0.3, -0.25) is 4.79 Å². The lowest BCUT2D eigenvalue weighted by Crippen LogP contribution is -2.16. The highest BCUT2D eigenvalue weighted by molar-refractivity contribution is 6.34. The molecular weight excluding hydrogens is 224 g/mol. The molecule has 88 valence electrons. The molecule has 1 rings (SSSR count). The SMILES string of the molecule is CCC(C)CC(=O)Nc1c(N)cccc1Cl. The predicted octanol–water partition coefficient (Wildman–Crippen LogP) is 3.30. The number of rotatable bonds is 4. The van der Waals surface area contributed by atoms with Crippen LogP contribution in [0.15, 0.2) is 18.2 Å². The minimum Gasteiger partial charge on any atom is -0.397 e. The Morgan fingerprint density at radius 2 is 2.25 bits per heavy atom. The van der Waals surface area contributed by atoms with Crippen LogP contribution in [0.4, 0.5) is 11.4 Å². The molecule has 1 aromatic carbocycles. The van der Waals surface area contributed by atoms with E-state index in [0.29, 0.717) is 28.7 Å². The number of nitrogens with one attached hydrogen (secondary N) is 1. The summed E-state index contributed by atoms with van der Waals surface area (Å²) in [5.41, 5.74) is 6.74. The standard InChI is InChI=1S/C12H17ClN2O/c1-3-8(2)7-11(16)15-12-9(13)5-4-6-10(12)14/h4-6,8H,3,7,14H2,1-2H3,(H,15,16). The molecule has 0 spiro atoms. The first-order chi connectivity index (χ1) is 7.54. The Morgan fingerprint density at radius 3 is 2.81 bits per heavy atom. The summed E-state index contributed by atoms with van der Waals surface area (Å²) in [5.74, 6) is 0.317. The lowest BCUT2D eigenvalue weighted by Gasteiger charge is -2.12. The largest absolute Gasteiger partial charge is 0.397 e. The van der Waals surface area contributed by atoms with E-state index < -0.39 is 0 Å². The van der Waals surface area contributed by atoms with Crippen molar-refractivity contribution in [1.29, 1.82) is 0 Å². The minimum absolute atomic E-state index is 0.0471. The van der Waals surface area contributed by atoms with Crippen molar-refractivity contribution in [2.75, 3.05) is 11.1 Å². The molecule has 1 atom stereocenters. The quantitative estimate of drug-likeness (QED) is 0.794. The molecule has 16 heavy (non-hydrogen) atoms. The molecule has 0 saturated heterocycles. The summed E-state index contributed by atoms with van der Waals surface area (Å²) in [6, 6.07) is 5.17. The van der Waals surface area contributed by atoms with Gasteiger partial charge in [0.2, 0.25) is 5.91 Å². The van der Waals surface area contributed by atoms with Crippen LogP contribution in [0.5, 0.6) is 0 Å². The van der Waals surface area contributed by atoms with E-state index in [1.165, 1.54) is 0 Å². The van der Waals surface area contributed by atoms with E-state index in [1.807, 2.05) is 6.92 Å². The molecular formula is C12H17ClN2O. The Balaban J connectivity index is 2.70. The lowest BCUT2D eigenvalue weighted by molar-refractivity contribution is -0.117. The number of nitrogens with two attached hydrogens (primary N) is 1. The Labute approximate surface area is 101 Å².